The zero-order chi connectivity index (χ0) is 23.1. The lowest BCUT2D eigenvalue weighted by molar-refractivity contribution is -0.121. The number of carbonyl (C=O) groups is 2. The number of aromatic nitrogens is 2. The van der Waals surface area contributed by atoms with E-state index in [2.05, 4.69) is 10.00 Å². The van der Waals surface area contributed by atoms with Gasteiger partial charge in [-0.05, 0) is 56.5 Å². The number of rotatable bonds is 4. The Morgan fingerprint density at radius 2 is 1.82 bits per heavy atom. The van der Waals surface area contributed by atoms with E-state index in [1.165, 1.54) is 25.0 Å². The molecule has 1 amide bonds. The quantitative estimate of drug-likeness (QED) is 0.627. The Bertz CT molecular complexity index is 1210. The van der Waals surface area contributed by atoms with Gasteiger partial charge in [0.2, 0.25) is 0 Å². The average Bonchev–Trinajstić information content (AvgIpc) is 3.43. The monoisotopic (exact) mass is 445 g/mol. The van der Waals surface area contributed by atoms with E-state index >= 15 is 0 Å². The van der Waals surface area contributed by atoms with Crippen LogP contribution in [0.2, 0.25) is 0 Å². The number of benzene rings is 2. The summed E-state index contributed by atoms with van der Waals surface area (Å²) in [6, 6.07) is 13.1. The average molecular weight is 446 g/mol. The van der Waals surface area contributed by atoms with Crippen molar-refractivity contribution in [3.63, 3.8) is 0 Å². The molecule has 2 aliphatic carbocycles. The number of Topliss-reactive ketones (excluding diaryl/α,β-unsaturated/α-hetero) is 1. The molecular weight excluding hydrogens is 417 g/mol. The Hall–Kier alpha value is -3.28. The van der Waals surface area contributed by atoms with E-state index in [4.69, 9.17) is 5.10 Å². The molecule has 33 heavy (non-hydrogen) atoms. The first-order chi connectivity index (χ1) is 15.9. The molecule has 5 nitrogen and oxygen atoms in total. The molecule has 0 saturated heterocycles. The molecule has 0 spiro atoms. The van der Waals surface area contributed by atoms with Crippen LogP contribution in [0.15, 0.2) is 48.5 Å². The molecule has 2 aliphatic rings. The van der Waals surface area contributed by atoms with Crippen LogP contribution in [0.4, 0.5) is 4.39 Å². The predicted octanol–water partition coefficient (Wildman–Crippen LogP) is 4.81. The van der Waals surface area contributed by atoms with Crippen molar-refractivity contribution in [2.45, 2.75) is 64.0 Å². The van der Waals surface area contributed by atoms with Crippen molar-refractivity contribution in [3.8, 4) is 0 Å². The topological polar surface area (TPSA) is 64.0 Å². The number of hydrogen-bond acceptors (Lipinski definition) is 3. The van der Waals surface area contributed by atoms with Gasteiger partial charge in [0.05, 0.1) is 29.9 Å². The molecule has 1 heterocycles. The number of amides is 1. The van der Waals surface area contributed by atoms with Crippen molar-refractivity contribution in [3.05, 3.63) is 88.0 Å². The molecule has 2 atom stereocenters. The first kappa shape index (κ1) is 21.6. The fourth-order valence-corrected chi connectivity index (χ4v) is 5.47. The molecule has 2 aromatic carbocycles. The van der Waals surface area contributed by atoms with Crippen LogP contribution in [-0.2, 0) is 11.2 Å². The second kappa shape index (κ2) is 8.58. The Balaban J connectivity index is 1.58. The molecule has 5 rings (SSSR count). The van der Waals surface area contributed by atoms with Gasteiger partial charge in [-0.3, -0.25) is 14.3 Å². The van der Waals surface area contributed by atoms with Gasteiger partial charge >= 0.3 is 0 Å². The number of carbonyl (C=O) groups excluding carboxylic acids is 2. The van der Waals surface area contributed by atoms with E-state index in [1.54, 1.807) is 18.2 Å². The first-order valence-electron chi connectivity index (χ1n) is 11.7. The van der Waals surface area contributed by atoms with Crippen LogP contribution in [0.25, 0.3) is 0 Å². The highest BCUT2D eigenvalue weighted by Crippen LogP contribution is 2.41. The molecule has 0 aliphatic heterocycles. The van der Waals surface area contributed by atoms with E-state index in [1.807, 2.05) is 32.0 Å². The summed E-state index contributed by atoms with van der Waals surface area (Å²) in [4.78, 5) is 26.6. The minimum atomic E-state index is -0.740. The Morgan fingerprint density at radius 3 is 2.52 bits per heavy atom. The summed E-state index contributed by atoms with van der Waals surface area (Å²) in [6.07, 6.45) is 4.71. The Labute approximate surface area is 193 Å². The zero-order valence-corrected chi connectivity index (χ0v) is 19.0. The zero-order valence-electron chi connectivity index (χ0n) is 19.0. The second-order valence-corrected chi connectivity index (χ2v) is 9.32. The third kappa shape index (κ3) is 3.99. The Kier molecular flexibility index (Phi) is 5.60. The van der Waals surface area contributed by atoms with Gasteiger partial charge in [0.25, 0.3) is 5.91 Å². The molecular formula is C27H28FN3O2. The van der Waals surface area contributed by atoms with Crippen LogP contribution in [0.3, 0.4) is 0 Å². The summed E-state index contributed by atoms with van der Waals surface area (Å²) in [5.74, 6) is -1.07. The van der Waals surface area contributed by atoms with Gasteiger partial charge in [-0.15, -0.1) is 0 Å². The normalized spacial score (nSPS) is 20.6. The van der Waals surface area contributed by atoms with Gasteiger partial charge in [-0.2, -0.15) is 5.10 Å². The fourth-order valence-electron chi connectivity index (χ4n) is 5.47. The van der Waals surface area contributed by atoms with Crippen LogP contribution in [0, 0.1) is 19.7 Å². The standard InChI is InChI=1S/C27H28FN3O2/c1-16-6-5-7-19(14-16)27(33)29-26-23(32)15-22-24(25(26)18-10-12-20(28)13-11-18)17(2)30-31(22)21-8-3-4-9-21/h5-7,10-14,21,25-26H,3-4,8-9,15H2,1-2H3,(H,29,33)/t25-,26-/m0/s1. The van der Waals surface area contributed by atoms with Crippen LogP contribution >= 0.6 is 0 Å². The molecule has 6 heteroatoms. The van der Waals surface area contributed by atoms with Gasteiger partial charge < -0.3 is 5.32 Å². The van der Waals surface area contributed by atoms with Gasteiger partial charge in [0.1, 0.15) is 5.82 Å². The minimum Gasteiger partial charge on any atom is -0.341 e. The third-order valence-corrected chi connectivity index (χ3v) is 7.03. The van der Waals surface area contributed by atoms with Crippen LogP contribution in [0.1, 0.15) is 76.1 Å². The summed E-state index contributed by atoms with van der Waals surface area (Å²) in [5, 5.41) is 7.87. The van der Waals surface area contributed by atoms with Crippen molar-refractivity contribution in [1.29, 1.82) is 0 Å². The summed E-state index contributed by atoms with van der Waals surface area (Å²) in [5.41, 5.74) is 5.10. The van der Waals surface area contributed by atoms with Gasteiger partial charge in [-0.25, -0.2) is 4.39 Å². The van der Waals surface area contributed by atoms with Crippen molar-refractivity contribution in [2.75, 3.05) is 0 Å². The van der Waals surface area contributed by atoms with Crippen molar-refractivity contribution in [1.82, 2.24) is 15.1 Å². The maximum Gasteiger partial charge on any atom is 0.251 e. The molecule has 3 aromatic rings. The van der Waals surface area contributed by atoms with Gasteiger partial charge in [-0.1, -0.05) is 42.7 Å². The van der Waals surface area contributed by atoms with Gasteiger partial charge in [0, 0.05) is 17.0 Å². The van der Waals surface area contributed by atoms with E-state index in [0.717, 1.165) is 40.9 Å². The molecule has 0 bridgehead atoms. The lowest BCUT2D eigenvalue weighted by Crippen LogP contribution is -2.49. The highest BCUT2D eigenvalue weighted by atomic mass is 19.1. The van der Waals surface area contributed by atoms with Crippen LogP contribution < -0.4 is 5.32 Å². The smallest absolute Gasteiger partial charge is 0.251 e. The number of aryl methyl sites for hydroxylation is 2. The fraction of sp³-hybridized carbons (Fsp3) is 0.370. The lowest BCUT2D eigenvalue weighted by Gasteiger charge is -2.33. The van der Waals surface area contributed by atoms with E-state index in [-0.39, 0.29) is 23.9 Å². The van der Waals surface area contributed by atoms with Crippen molar-refractivity contribution in [2.24, 2.45) is 0 Å². The summed E-state index contributed by atoms with van der Waals surface area (Å²) >= 11 is 0. The van der Waals surface area contributed by atoms with Crippen molar-refractivity contribution >= 4 is 11.7 Å². The lowest BCUT2D eigenvalue weighted by atomic mass is 9.76. The molecule has 170 valence electrons. The summed E-state index contributed by atoms with van der Waals surface area (Å²) < 4.78 is 15.8. The summed E-state index contributed by atoms with van der Waals surface area (Å²) in [6.45, 7) is 3.90. The third-order valence-electron chi connectivity index (χ3n) is 7.03. The highest BCUT2D eigenvalue weighted by molar-refractivity contribution is 5.99. The highest BCUT2D eigenvalue weighted by Gasteiger charge is 2.42. The number of halogens is 1. The second-order valence-electron chi connectivity index (χ2n) is 9.32. The molecule has 0 radical (unpaired) electrons. The number of ketones is 1. The number of fused-ring (bicyclic) bond motifs is 1. The summed E-state index contributed by atoms with van der Waals surface area (Å²) in [7, 11) is 0. The maximum absolute atomic E-state index is 13.7. The number of hydrogen-bond donors (Lipinski definition) is 1. The molecule has 1 N–H and O–H groups in total. The molecule has 1 saturated carbocycles. The van der Waals surface area contributed by atoms with Crippen molar-refractivity contribution < 1.29 is 14.0 Å². The predicted molar refractivity (Wildman–Crippen MR) is 124 cm³/mol. The van der Waals surface area contributed by atoms with Crippen LogP contribution in [-0.4, -0.2) is 27.5 Å². The minimum absolute atomic E-state index is 0.0445. The van der Waals surface area contributed by atoms with E-state index in [9.17, 15) is 14.0 Å². The largest absolute Gasteiger partial charge is 0.341 e. The van der Waals surface area contributed by atoms with E-state index < -0.39 is 12.0 Å². The van der Waals surface area contributed by atoms with Gasteiger partial charge in [0.15, 0.2) is 5.78 Å². The number of nitrogens with one attached hydrogen (secondary N) is 1. The van der Waals surface area contributed by atoms with Crippen LogP contribution in [0.5, 0.6) is 0 Å². The van der Waals surface area contributed by atoms with E-state index in [0.29, 0.717) is 11.6 Å². The first-order valence-corrected chi connectivity index (χ1v) is 11.7. The SMILES string of the molecule is Cc1cccc(C(=O)N[C@H]2C(=O)Cc3c(c(C)nn3C3CCCC3)[C@@H]2c2ccc(F)cc2)c1. The molecule has 1 aromatic heterocycles. The number of nitrogens with zero attached hydrogens (tertiary/aromatic N) is 2. The molecule has 0 unspecified atom stereocenters. The maximum atomic E-state index is 13.7. The Morgan fingerprint density at radius 1 is 1.09 bits per heavy atom. The molecule has 1 fully saturated rings.